The first-order chi connectivity index (χ1) is 8.15. The molecule has 1 saturated heterocycles. The molecule has 100 valence electrons. The van der Waals surface area contributed by atoms with Crippen LogP contribution in [0.25, 0.3) is 0 Å². The molecular weight excluding hydrogens is 262 g/mol. The van der Waals surface area contributed by atoms with E-state index >= 15 is 0 Å². The molecule has 1 aliphatic rings. The van der Waals surface area contributed by atoms with Crippen LogP contribution in [0.15, 0.2) is 18.2 Å². The topological polar surface area (TPSA) is 41.1 Å². The van der Waals surface area contributed by atoms with Crippen molar-refractivity contribution in [1.82, 2.24) is 10.6 Å². The Morgan fingerprint density at radius 1 is 1.33 bits per heavy atom. The van der Waals surface area contributed by atoms with Crippen LogP contribution in [0.3, 0.4) is 0 Å². The average Bonchev–Trinajstić information content (AvgIpc) is 2.78. The largest absolute Gasteiger partial charge is 0.351 e. The third-order valence-electron chi connectivity index (χ3n) is 2.77. The molecular formula is C12H15ClF2N2O. The molecule has 1 aromatic carbocycles. The molecule has 1 fully saturated rings. The van der Waals surface area contributed by atoms with Gasteiger partial charge in [-0.05, 0) is 37.1 Å². The van der Waals surface area contributed by atoms with E-state index in [1.165, 1.54) is 12.1 Å². The van der Waals surface area contributed by atoms with Gasteiger partial charge in [-0.15, -0.1) is 12.4 Å². The zero-order valence-electron chi connectivity index (χ0n) is 9.71. The monoisotopic (exact) mass is 276 g/mol. The lowest BCUT2D eigenvalue weighted by Crippen LogP contribution is -2.40. The van der Waals surface area contributed by atoms with Gasteiger partial charge in [0.05, 0.1) is 6.04 Å². The Kier molecular flexibility index (Phi) is 5.50. The summed E-state index contributed by atoms with van der Waals surface area (Å²) in [6, 6.07) is 3.06. The minimum Gasteiger partial charge on any atom is -0.351 e. The summed E-state index contributed by atoms with van der Waals surface area (Å²) < 4.78 is 25.8. The molecule has 18 heavy (non-hydrogen) atoms. The molecule has 0 radical (unpaired) electrons. The lowest BCUT2D eigenvalue weighted by atomic mass is 10.2. The highest BCUT2D eigenvalue weighted by Gasteiger charge is 2.21. The van der Waals surface area contributed by atoms with Crippen molar-refractivity contribution in [3.8, 4) is 0 Å². The van der Waals surface area contributed by atoms with Gasteiger partial charge in [0.25, 0.3) is 0 Å². The first-order valence-corrected chi connectivity index (χ1v) is 5.61. The smallest absolute Gasteiger partial charge is 0.237 e. The van der Waals surface area contributed by atoms with E-state index in [9.17, 15) is 13.6 Å². The van der Waals surface area contributed by atoms with Gasteiger partial charge in [0, 0.05) is 12.6 Å². The molecule has 0 aromatic heterocycles. The molecule has 0 saturated carbocycles. The van der Waals surface area contributed by atoms with Crippen LogP contribution in [0.1, 0.15) is 18.4 Å². The second-order valence-electron chi connectivity index (χ2n) is 4.14. The number of nitrogens with one attached hydrogen (secondary N) is 2. The number of benzene rings is 1. The SMILES string of the molecule is Cl.O=C(NCc1cc(F)cc(F)c1)C1CCCN1. The summed E-state index contributed by atoms with van der Waals surface area (Å²) in [7, 11) is 0. The second-order valence-corrected chi connectivity index (χ2v) is 4.14. The third-order valence-corrected chi connectivity index (χ3v) is 2.77. The summed E-state index contributed by atoms with van der Waals surface area (Å²) in [4.78, 5) is 11.6. The fraction of sp³-hybridized carbons (Fsp3) is 0.417. The number of hydrogen-bond donors (Lipinski definition) is 2. The van der Waals surface area contributed by atoms with E-state index in [0.717, 1.165) is 25.5 Å². The molecule has 0 spiro atoms. The zero-order valence-corrected chi connectivity index (χ0v) is 10.5. The summed E-state index contributed by atoms with van der Waals surface area (Å²) in [6.07, 6.45) is 1.79. The first-order valence-electron chi connectivity index (χ1n) is 5.61. The van der Waals surface area contributed by atoms with Crippen molar-refractivity contribution in [2.24, 2.45) is 0 Å². The summed E-state index contributed by atoms with van der Waals surface area (Å²) in [5.41, 5.74) is 0.425. The fourth-order valence-electron chi connectivity index (χ4n) is 1.93. The van der Waals surface area contributed by atoms with E-state index in [-0.39, 0.29) is 30.9 Å². The Balaban J connectivity index is 0.00000162. The van der Waals surface area contributed by atoms with Crippen LogP contribution >= 0.6 is 12.4 Å². The van der Waals surface area contributed by atoms with Crippen LogP contribution in [0.2, 0.25) is 0 Å². The standard InChI is InChI=1S/C12H14F2N2O.ClH/c13-9-4-8(5-10(14)6-9)7-16-12(17)11-2-1-3-15-11;/h4-6,11,15H,1-3,7H2,(H,16,17);1H. The molecule has 0 aliphatic carbocycles. The van der Waals surface area contributed by atoms with E-state index in [0.29, 0.717) is 5.56 Å². The quantitative estimate of drug-likeness (QED) is 0.883. The van der Waals surface area contributed by atoms with Crippen LogP contribution in [-0.4, -0.2) is 18.5 Å². The predicted octanol–water partition coefficient (Wildman–Crippen LogP) is 1.75. The fourth-order valence-corrected chi connectivity index (χ4v) is 1.93. The van der Waals surface area contributed by atoms with Crippen molar-refractivity contribution >= 4 is 18.3 Å². The molecule has 1 heterocycles. The molecule has 2 N–H and O–H groups in total. The highest BCUT2D eigenvalue weighted by molar-refractivity contribution is 5.85. The highest BCUT2D eigenvalue weighted by atomic mass is 35.5. The summed E-state index contributed by atoms with van der Waals surface area (Å²) in [5, 5.41) is 5.72. The van der Waals surface area contributed by atoms with Crippen LogP contribution in [0, 0.1) is 11.6 Å². The molecule has 3 nitrogen and oxygen atoms in total. The summed E-state index contributed by atoms with van der Waals surface area (Å²) >= 11 is 0. The number of carbonyl (C=O) groups is 1. The second kappa shape index (κ2) is 6.66. The number of carbonyl (C=O) groups excluding carboxylic acids is 1. The molecule has 2 rings (SSSR count). The van der Waals surface area contributed by atoms with Gasteiger partial charge < -0.3 is 10.6 Å². The van der Waals surface area contributed by atoms with Crippen molar-refractivity contribution in [3.05, 3.63) is 35.4 Å². The Hall–Kier alpha value is -1.20. The molecule has 1 unspecified atom stereocenters. The van der Waals surface area contributed by atoms with Crippen LogP contribution in [-0.2, 0) is 11.3 Å². The lowest BCUT2D eigenvalue weighted by Gasteiger charge is -2.11. The average molecular weight is 277 g/mol. The van der Waals surface area contributed by atoms with Crippen molar-refractivity contribution in [2.75, 3.05) is 6.54 Å². The normalized spacial score (nSPS) is 18.2. The Morgan fingerprint density at radius 2 is 2.00 bits per heavy atom. The van der Waals surface area contributed by atoms with Crippen LogP contribution in [0.4, 0.5) is 8.78 Å². The van der Waals surface area contributed by atoms with Crippen LogP contribution < -0.4 is 10.6 Å². The van der Waals surface area contributed by atoms with Crippen molar-refractivity contribution in [2.45, 2.75) is 25.4 Å². The third kappa shape index (κ3) is 3.92. The number of halogens is 3. The molecule has 1 amide bonds. The van der Waals surface area contributed by atoms with Gasteiger partial charge in [-0.25, -0.2) is 8.78 Å². The van der Waals surface area contributed by atoms with Gasteiger partial charge in [-0.2, -0.15) is 0 Å². The Labute approximate surface area is 110 Å². The van der Waals surface area contributed by atoms with Crippen LogP contribution in [0.5, 0.6) is 0 Å². The number of hydrogen-bond acceptors (Lipinski definition) is 2. The zero-order chi connectivity index (χ0) is 12.3. The molecule has 6 heteroatoms. The summed E-state index contributed by atoms with van der Waals surface area (Å²) in [5.74, 6) is -1.38. The lowest BCUT2D eigenvalue weighted by molar-refractivity contribution is -0.122. The molecule has 1 atom stereocenters. The predicted molar refractivity (Wildman–Crippen MR) is 66.5 cm³/mol. The molecule has 1 aliphatic heterocycles. The Morgan fingerprint density at radius 3 is 2.56 bits per heavy atom. The van der Waals surface area contributed by atoms with E-state index < -0.39 is 11.6 Å². The van der Waals surface area contributed by atoms with Gasteiger partial charge in [-0.3, -0.25) is 4.79 Å². The summed E-state index contributed by atoms with van der Waals surface area (Å²) in [6.45, 7) is 0.984. The maximum atomic E-state index is 12.9. The van der Waals surface area contributed by atoms with Crippen molar-refractivity contribution in [3.63, 3.8) is 0 Å². The van der Waals surface area contributed by atoms with Gasteiger partial charge in [0.1, 0.15) is 11.6 Å². The maximum absolute atomic E-state index is 12.9. The van der Waals surface area contributed by atoms with Gasteiger partial charge >= 0.3 is 0 Å². The minimum atomic E-state index is -0.631. The Bertz CT molecular complexity index is 402. The number of rotatable bonds is 3. The van der Waals surface area contributed by atoms with Gasteiger partial charge in [0.2, 0.25) is 5.91 Å². The maximum Gasteiger partial charge on any atom is 0.237 e. The van der Waals surface area contributed by atoms with Gasteiger partial charge in [0.15, 0.2) is 0 Å². The van der Waals surface area contributed by atoms with E-state index in [4.69, 9.17) is 0 Å². The van der Waals surface area contributed by atoms with E-state index in [1.807, 2.05) is 0 Å². The van der Waals surface area contributed by atoms with Crippen molar-refractivity contribution < 1.29 is 13.6 Å². The molecule has 1 aromatic rings. The number of amides is 1. The van der Waals surface area contributed by atoms with Gasteiger partial charge in [-0.1, -0.05) is 0 Å². The van der Waals surface area contributed by atoms with Crippen molar-refractivity contribution in [1.29, 1.82) is 0 Å². The first kappa shape index (κ1) is 14.9. The minimum absolute atomic E-state index is 0. The molecule has 0 bridgehead atoms. The van der Waals surface area contributed by atoms with E-state index in [2.05, 4.69) is 10.6 Å². The highest BCUT2D eigenvalue weighted by Crippen LogP contribution is 2.09. The van der Waals surface area contributed by atoms with E-state index in [1.54, 1.807) is 0 Å².